The molecule has 2 atom stereocenters. The number of hydrogen-bond donors (Lipinski definition) is 2. The molecule has 1 saturated heterocycles. The number of nitrogens with zero attached hydrogens (tertiary/aromatic N) is 1. The van der Waals surface area contributed by atoms with E-state index in [9.17, 15) is 14.7 Å². The number of carbonyl (C=O) groups is 2. The summed E-state index contributed by atoms with van der Waals surface area (Å²) in [5.74, 6) is 2.22. The lowest BCUT2D eigenvalue weighted by molar-refractivity contribution is -0.140. The van der Waals surface area contributed by atoms with Crippen molar-refractivity contribution in [2.45, 2.75) is 52.3 Å². The molecule has 1 heterocycles. The van der Waals surface area contributed by atoms with Gasteiger partial charge in [-0.2, -0.15) is 0 Å². The molecule has 1 fully saturated rings. The van der Waals surface area contributed by atoms with Crippen LogP contribution in [0.1, 0.15) is 44.7 Å². The Kier molecular flexibility index (Phi) is 5.86. The van der Waals surface area contributed by atoms with Crippen LogP contribution in [0.3, 0.4) is 0 Å². The lowest BCUT2D eigenvalue weighted by Crippen LogP contribution is -2.46. The van der Waals surface area contributed by atoms with Crippen molar-refractivity contribution in [3.8, 4) is 12.3 Å². The molecule has 0 radical (unpaired) electrons. The van der Waals surface area contributed by atoms with E-state index >= 15 is 0 Å². The molecule has 1 aliphatic heterocycles. The number of rotatable bonds is 4. The second-order valence-electron chi connectivity index (χ2n) is 7.75. The van der Waals surface area contributed by atoms with Crippen LogP contribution in [0.25, 0.3) is 0 Å². The fourth-order valence-corrected chi connectivity index (χ4v) is 2.92. The first-order chi connectivity index (χ1) is 11.7. The van der Waals surface area contributed by atoms with Gasteiger partial charge in [-0.25, -0.2) is 0 Å². The zero-order valence-electron chi connectivity index (χ0n) is 15.1. The highest BCUT2D eigenvalue weighted by Gasteiger charge is 2.39. The summed E-state index contributed by atoms with van der Waals surface area (Å²) in [5.41, 5.74) is 1.55. The van der Waals surface area contributed by atoms with Crippen LogP contribution in [0.4, 0.5) is 0 Å². The minimum absolute atomic E-state index is 0.0948. The third-order valence-electron chi connectivity index (χ3n) is 4.17. The molecule has 0 spiro atoms. The maximum Gasteiger partial charge on any atom is 0.243 e. The predicted octanol–water partition coefficient (Wildman–Crippen LogP) is 1.68. The number of aliphatic hydroxyl groups excluding tert-OH is 1. The van der Waals surface area contributed by atoms with Crippen LogP contribution in [0.5, 0.6) is 0 Å². The Morgan fingerprint density at radius 2 is 1.96 bits per heavy atom. The number of amides is 2. The molecule has 2 rings (SSSR count). The fraction of sp³-hybridized carbons (Fsp3) is 0.500. The van der Waals surface area contributed by atoms with Gasteiger partial charge in [0.15, 0.2) is 0 Å². The van der Waals surface area contributed by atoms with E-state index in [1.165, 1.54) is 4.90 Å². The topological polar surface area (TPSA) is 69.6 Å². The van der Waals surface area contributed by atoms with Crippen LogP contribution in [0, 0.1) is 17.8 Å². The lowest BCUT2D eigenvalue weighted by Gasteiger charge is -2.27. The Labute approximate surface area is 149 Å². The van der Waals surface area contributed by atoms with Gasteiger partial charge < -0.3 is 15.3 Å². The molecule has 0 saturated carbocycles. The molecule has 0 aliphatic carbocycles. The number of terminal acetylenes is 1. The largest absolute Gasteiger partial charge is 0.391 e. The number of aliphatic hydroxyl groups is 1. The average molecular weight is 342 g/mol. The molecule has 5 heteroatoms. The highest BCUT2D eigenvalue weighted by Crippen LogP contribution is 2.25. The van der Waals surface area contributed by atoms with Crippen molar-refractivity contribution in [1.82, 2.24) is 10.2 Å². The number of β-amino-alcohol motifs (C(OH)–C–C–N with tert-alkyl or cyclic N) is 1. The van der Waals surface area contributed by atoms with Crippen molar-refractivity contribution in [2.24, 2.45) is 5.41 Å². The predicted molar refractivity (Wildman–Crippen MR) is 96.4 cm³/mol. The molecule has 0 bridgehead atoms. The van der Waals surface area contributed by atoms with E-state index in [0.717, 1.165) is 11.1 Å². The summed E-state index contributed by atoms with van der Waals surface area (Å²) in [6.45, 7) is 6.51. The quantitative estimate of drug-likeness (QED) is 0.818. The highest BCUT2D eigenvalue weighted by atomic mass is 16.3. The van der Waals surface area contributed by atoms with Gasteiger partial charge in [0.05, 0.1) is 6.10 Å². The van der Waals surface area contributed by atoms with Gasteiger partial charge >= 0.3 is 0 Å². The third-order valence-corrected chi connectivity index (χ3v) is 4.17. The van der Waals surface area contributed by atoms with Gasteiger partial charge in [0.2, 0.25) is 11.8 Å². The Bertz CT molecular complexity index is 668. The summed E-state index contributed by atoms with van der Waals surface area (Å²) >= 11 is 0. The van der Waals surface area contributed by atoms with Gasteiger partial charge in [0.1, 0.15) is 6.04 Å². The lowest BCUT2D eigenvalue weighted by atomic mass is 9.91. The third kappa shape index (κ3) is 5.33. The molecular formula is C20H26N2O3. The van der Waals surface area contributed by atoms with Crippen LogP contribution >= 0.6 is 0 Å². The Balaban J connectivity index is 1.98. The first-order valence-electron chi connectivity index (χ1n) is 8.50. The Morgan fingerprint density at radius 3 is 2.52 bits per heavy atom. The van der Waals surface area contributed by atoms with Crippen molar-refractivity contribution in [3.63, 3.8) is 0 Å². The van der Waals surface area contributed by atoms with Gasteiger partial charge in [-0.05, 0) is 23.1 Å². The SMILES string of the molecule is C#Cc1ccc(CNC(=O)[C@@H]2CC(O)CN2C(=O)CC(C)(C)C)cc1. The summed E-state index contributed by atoms with van der Waals surface area (Å²) in [5, 5.41) is 12.8. The minimum Gasteiger partial charge on any atom is -0.391 e. The summed E-state index contributed by atoms with van der Waals surface area (Å²) in [4.78, 5) is 26.5. The highest BCUT2D eigenvalue weighted by molar-refractivity contribution is 5.88. The molecule has 5 nitrogen and oxygen atoms in total. The molecule has 134 valence electrons. The smallest absolute Gasteiger partial charge is 0.243 e. The fourth-order valence-electron chi connectivity index (χ4n) is 2.92. The molecule has 2 amide bonds. The first kappa shape index (κ1) is 19.0. The van der Waals surface area contributed by atoms with E-state index in [1.54, 1.807) is 0 Å². The molecule has 0 aromatic heterocycles. The van der Waals surface area contributed by atoms with Crippen molar-refractivity contribution in [1.29, 1.82) is 0 Å². The normalized spacial score (nSPS) is 20.2. The molecule has 1 unspecified atom stereocenters. The summed E-state index contributed by atoms with van der Waals surface area (Å²) in [6, 6.07) is 6.75. The van der Waals surface area contributed by atoms with Gasteiger partial charge in [-0.15, -0.1) is 6.42 Å². The molecular weight excluding hydrogens is 316 g/mol. The van der Waals surface area contributed by atoms with Crippen LogP contribution < -0.4 is 5.32 Å². The monoisotopic (exact) mass is 342 g/mol. The summed E-state index contributed by atoms with van der Waals surface area (Å²) in [7, 11) is 0. The van der Waals surface area contributed by atoms with Crippen LogP contribution in [-0.2, 0) is 16.1 Å². The van der Waals surface area contributed by atoms with Crippen molar-refractivity contribution in [3.05, 3.63) is 35.4 Å². The standard InChI is InChI=1S/C20H26N2O3/c1-5-14-6-8-15(9-7-14)12-21-19(25)17-10-16(23)13-22(17)18(24)11-20(2,3)4/h1,6-9,16-17,23H,10-13H2,2-4H3,(H,21,25)/t16?,17-/m0/s1. The molecule has 1 aromatic rings. The van der Waals surface area contributed by atoms with Gasteiger partial charge in [0, 0.05) is 31.5 Å². The average Bonchev–Trinajstić information content (AvgIpc) is 2.93. The van der Waals surface area contributed by atoms with Gasteiger partial charge in [0.25, 0.3) is 0 Å². The maximum absolute atomic E-state index is 12.5. The first-order valence-corrected chi connectivity index (χ1v) is 8.50. The number of benzene rings is 1. The summed E-state index contributed by atoms with van der Waals surface area (Å²) in [6.07, 6.45) is 5.29. The van der Waals surface area contributed by atoms with Crippen molar-refractivity contribution in [2.75, 3.05) is 6.54 Å². The zero-order chi connectivity index (χ0) is 18.6. The summed E-state index contributed by atoms with van der Waals surface area (Å²) < 4.78 is 0. The Morgan fingerprint density at radius 1 is 1.32 bits per heavy atom. The van der Waals surface area contributed by atoms with E-state index in [4.69, 9.17) is 6.42 Å². The van der Waals surface area contributed by atoms with E-state index in [0.29, 0.717) is 13.0 Å². The van der Waals surface area contributed by atoms with Gasteiger partial charge in [-0.1, -0.05) is 38.8 Å². The zero-order valence-corrected chi connectivity index (χ0v) is 15.1. The Hall–Kier alpha value is -2.32. The number of hydrogen-bond acceptors (Lipinski definition) is 3. The molecule has 2 N–H and O–H groups in total. The number of likely N-dealkylation sites (tertiary alicyclic amines) is 1. The van der Waals surface area contributed by atoms with Crippen molar-refractivity contribution >= 4 is 11.8 Å². The molecule has 25 heavy (non-hydrogen) atoms. The van der Waals surface area contributed by atoms with Gasteiger partial charge in [-0.3, -0.25) is 9.59 Å². The van der Waals surface area contributed by atoms with E-state index in [2.05, 4.69) is 11.2 Å². The van der Waals surface area contributed by atoms with E-state index in [1.807, 2.05) is 45.0 Å². The minimum atomic E-state index is -0.658. The maximum atomic E-state index is 12.5. The van der Waals surface area contributed by atoms with E-state index in [-0.39, 0.29) is 30.2 Å². The second kappa shape index (κ2) is 7.71. The van der Waals surface area contributed by atoms with E-state index < -0.39 is 12.1 Å². The number of carbonyl (C=O) groups excluding carboxylic acids is 2. The number of nitrogens with one attached hydrogen (secondary N) is 1. The second-order valence-corrected chi connectivity index (χ2v) is 7.75. The van der Waals surface area contributed by atoms with Crippen LogP contribution in [0.15, 0.2) is 24.3 Å². The molecule has 1 aromatic carbocycles. The molecule has 1 aliphatic rings. The van der Waals surface area contributed by atoms with Crippen molar-refractivity contribution < 1.29 is 14.7 Å². The van der Waals surface area contributed by atoms with Crippen LogP contribution in [-0.4, -0.2) is 40.5 Å². The van der Waals surface area contributed by atoms with Crippen LogP contribution in [0.2, 0.25) is 0 Å².